The fraction of sp³-hybridized carbons (Fsp3) is 0.353. The maximum atomic E-state index is 12.2. The predicted octanol–water partition coefficient (Wildman–Crippen LogP) is 1.67. The first-order valence-electron chi connectivity index (χ1n) is 8.26. The van der Waals surface area contributed by atoms with Crippen LogP contribution >= 0.6 is 11.6 Å². The third kappa shape index (κ3) is 4.64. The molecule has 9 heteroatoms. The molecule has 26 heavy (non-hydrogen) atoms. The number of nitrogens with one attached hydrogen (secondary N) is 1. The van der Waals surface area contributed by atoms with Crippen LogP contribution in [0, 0.1) is 0 Å². The summed E-state index contributed by atoms with van der Waals surface area (Å²) in [5, 5.41) is 0.380. The summed E-state index contributed by atoms with van der Waals surface area (Å²) < 4.78 is 32.2. The van der Waals surface area contributed by atoms with Crippen LogP contribution in [0.4, 0.5) is 0 Å². The van der Waals surface area contributed by atoms with Crippen LogP contribution in [0.25, 0.3) is 0 Å². The Morgan fingerprint density at radius 2 is 1.92 bits per heavy atom. The van der Waals surface area contributed by atoms with Crippen molar-refractivity contribution >= 4 is 27.5 Å². The second-order valence-electron chi connectivity index (χ2n) is 5.97. The molecule has 2 heterocycles. The number of amides is 1. The molecule has 0 spiro atoms. The lowest BCUT2D eigenvalue weighted by Gasteiger charge is -2.34. The average Bonchev–Trinajstić information content (AvgIpc) is 3.16. The number of nitrogens with zero attached hydrogens (tertiary/aromatic N) is 2. The quantitative estimate of drug-likeness (QED) is 0.801. The van der Waals surface area contributed by atoms with Gasteiger partial charge >= 0.3 is 0 Å². The summed E-state index contributed by atoms with van der Waals surface area (Å²) in [6.45, 7) is 3.40. The molecule has 1 aromatic heterocycles. The molecule has 140 valence electrons. The first kappa shape index (κ1) is 18.9. The molecule has 1 aromatic carbocycles. The molecule has 0 saturated carbocycles. The van der Waals surface area contributed by atoms with E-state index in [4.69, 9.17) is 16.0 Å². The SMILES string of the molecule is O=C(c1ccco1)N1CCN(CCNS(=O)(=O)c2cccc(Cl)c2)CC1. The Balaban J connectivity index is 1.45. The van der Waals surface area contributed by atoms with Gasteiger partial charge in [-0.2, -0.15) is 0 Å². The number of hydrogen-bond donors (Lipinski definition) is 1. The highest BCUT2D eigenvalue weighted by atomic mass is 35.5. The largest absolute Gasteiger partial charge is 0.459 e. The van der Waals surface area contributed by atoms with E-state index >= 15 is 0 Å². The Kier molecular flexibility index (Phi) is 5.98. The molecule has 1 amide bonds. The average molecular weight is 398 g/mol. The maximum absolute atomic E-state index is 12.2. The molecule has 0 atom stereocenters. The first-order valence-corrected chi connectivity index (χ1v) is 10.1. The van der Waals surface area contributed by atoms with Gasteiger partial charge in [0.05, 0.1) is 11.2 Å². The van der Waals surface area contributed by atoms with Crippen LogP contribution in [0.15, 0.2) is 52.0 Å². The number of carbonyl (C=O) groups excluding carboxylic acids is 1. The number of sulfonamides is 1. The normalized spacial score (nSPS) is 16.0. The summed E-state index contributed by atoms with van der Waals surface area (Å²) in [6, 6.07) is 9.50. The van der Waals surface area contributed by atoms with Crippen LogP contribution in [0.3, 0.4) is 0 Å². The fourth-order valence-electron chi connectivity index (χ4n) is 2.79. The Bertz CT molecular complexity index is 847. The van der Waals surface area contributed by atoms with Crippen molar-refractivity contribution < 1.29 is 17.6 Å². The minimum Gasteiger partial charge on any atom is -0.459 e. The van der Waals surface area contributed by atoms with Gasteiger partial charge in [-0.1, -0.05) is 17.7 Å². The summed E-state index contributed by atoms with van der Waals surface area (Å²) in [4.78, 5) is 16.2. The van der Waals surface area contributed by atoms with Crippen LogP contribution in [0.5, 0.6) is 0 Å². The minimum atomic E-state index is -3.58. The summed E-state index contributed by atoms with van der Waals surface area (Å²) in [6.07, 6.45) is 1.48. The molecule has 7 nitrogen and oxygen atoms in total. The smallest absolute Gasteiger partial charge is 0.289 e. The standard InChI is InChI=1S/C17H20ClN3O4S/c18-14-3-1-4-15(13-14)26(23,24)19-6-7-20-8-10-21(11-9-20)17(22)16-5-2-12-25-16/h1-5,12-13,19H,6-11H2. The Morgan fingerprint density at radius 1 is 1.15 bits per heavy atom. The van der Waals surface area contributed by atoms with E-state index in [9.17, 15) is 13.2 Å². The number of piperazine rings is 1. The number of hydrogen-bond acceptors (Lipinski definition) is 5. The molecule has 1 N–H and O–H groups in total. The number of carbonyl (C=O) groups is 1. The number of halogens is 1. The van der Waals surface area contributed by atoms with Gasteiger partial charge in [-0.25, -0.2) is 13.1 Å². The molecule has 0 radical (unpaired) electrons. The Hall–Kier alpha value is -1.87. The van der Waals surface area contributed by atoms with Crippen molar-refractivity contribution in [3.63, 3.8) is 0 Å². The minimum absolute atomic E-state index is 0.115. The van der Waals surface area contributed by atoms with E-state index in [2.05, 4.69) is 9.62 Å². The van der Waals surface area contributed by atoms with Crippen molar-refractivity contribution in [2.24, 2.45) is 0 Å². The van der Waals surface area contributed by atoms with Crippen LogP contribution in [-0.2, 0) is 10.0 Å². The summed E-state index contributed by atoms with van der Waals surface area (Å²) in [5.74, 6) is 0.226. The van der Waals surface area contributed by atoms with Gasteiger partial charge in [0.25, 0.3) is 5.91 Å². The number of rotatable bonds is 6. The topological polar surface area (TPSA) is 82.9 Å². The molecule has 3 rings (SSSR count). The lowest BCUT2D eigenvalue weighted by molar-refractivity contribution is 0.0609. The lowest BCUT2D eigenvalue weighted by atomic mass is 10.3. The fourth-order valence-corrected chi connectivity index (χ4v) is 4.11. The first-order chi connectivity index (χ1) is 12.5. The van der Waals surface area contributed by atoms with Crippen molar-refractivity contribution in [2.75, 3.05) is 39.3 Å². The van der Waals surface area contributed by atoms with Gasteiger partial charge in [0.1, 0.15) is 0 Å². The van der Waals surface area contributed by atoms with Gasteiger partial charge in [0.15, 0.2) is 5.76 Å². The lowest BCUT2D eigenvalue weighted by Crippen LogP contribution is -2.50. The zero-order chi connectivity index (χ0) is 18.6. The van der Waals surface area contributed by atoms with Crippen molar-refractivity contribution in [3.05, 3.63) is 53.4 Å². The zero-order valence-electron chi connectivity index (χ0n) is 14.1. The number of furan rings is 1. The van der Waals surface area contributed by atoms with Gasteiger partial charge in [0, 0.05) is 44.3 Å². The molecule has 0 unspecified atom stereocenters. The Morgan fingerprint density at radius 3 is 2.58 bits per heavy atom. The molecule has 1 aliphatic heterocycles. The third-order valence-corrected chi connectivity index (χ3v) is 5.91. The van der Waals surface area contributed by atoms with Crippen LogP contribution in [0.2, 0.25) is 5.02 Å². The maximum Gasteiger partial charge on any atom is 0.289 e. The Labute approximate surface area is 157 Å². The molecule has 1 aliphatic rings. The summed E-state index contributed by atoms with van der Waals surface area (Å²) in [5.41, 5.74) is 0. The van der Waals surface area contributed by atoms with Gasteiger partial charge in [-0.15, -0.1) is 0 Å². The molecule has 0 aliphatic carbocycles. The zero-order valence-corrected chi connectivity index (χ0v) is 15.7. The van der Waals surface area contributed by atoms with Gasteiger partial charge in [-0.3, -0.25) is 9.69 Å². The van der Waals surface area contributed by atoms with Gasteiger partial charge in [0.2, 0.25) is 10.0 Å². The highest BCUT2D eigenvalue weighted by Crippen LogP contribution is 2.15. The molecular weight excluding hydrogens is 378 g/mol. The highest BCUT2D eigenvalue weighted by molar-refractivity contribution is 7.89. The van der Waals surface area contributed by atoms with E-state index in [1.807, 2.05) is 0 Å². The molecule has 1 saturated heterocycles. The molecule has 2 aromatic rings. The van der Waals surface area contributed by atoms with Gasteiger partial charge < -0.3 is 9.32 Å². The van der Waals surface area contributed by atoms with E-state index in [1.54, 1.807) is 29.2 Å². The van der Waals surface area contributed by atoms with Crippen molar-refractivity contribution in [1.29, 1.82) is 0 Å². The molecule has 0 bridgehead atoms. The second-order valence-corrected chi connectivity index (χ2v) is 8.17. The highest BCUT2D eigenvalue weighted by Gasteiger charge is 2.23. The van der Waals surface area contributed by atoms with Crippen LogP contribution in [0.1, 0.15) is 10.6 Å². The predicted molar refractivity (Wildman–Crippen MR) is 97.7 cm³/mol. The monoisotopic (exact) mass is 397 g/mol. The molecular formula is C17H20ClN3O4S. The van der Waals surface area contributed by atoms with Crippen molar-refractivity contribution in [2.45, 2.75) is 4.90 Å². The van der Waals surface area contributed by atoms with Gasteiger partial charge in [-0.05, 0) is 30.3 Å². The summed E-state index contributed by atoms with van der Waals surface area (Å²) >= 11 is 5.84. The van der Waals surface area contributed by atoms with E-state index < -0.39 is 10.0 Å². The van der Waals surface area contributed by atoms with Crippen molar-refractivity contribution in [3.8, 4) is 0 Å². The number of benzene rings is 1. The third-order valence-electron chi connectivity index (χ3n) is 4.22. The van der Waals surface area contributed by atoms with Crippen LogP contribution in [-0.4, -0.2) is 63.4 Å². The van der Waals surface area contributed by atoms with E-state index in [0.717, 1.165) is 0 Å². The van der Waals surface area contributed by atoms with Crippen molar-refractivity contribution in [1.82, 2.24) is 14.5 Å². The summed E-state index contributed by atoms with van der Waals surface area (Å²) in [7, 11) is -3.58. The second kappa shape index (κ2) is 8.22. The van der Waals surface area contributed by atoms with Crippen LogP contribution < -0.4 is 4.72 Å². The van der Waals surface area contributed by atoms with E-state index in [-0.39, 0.29) is 10.8 Å². The molecule has 1 fully saturated rings. The van der Waals surface area contributed by atoms with E-state index in [0.29, 0.717) is 50.1 Å². The van der Waals surface area contributed by atoms with E-state index in [1.165, 1.54) is 18.4 Å².